The van der Waals surface area contributed by atoms with Gasteiger partial charge in [0.1, 0.15) is 5.41 Å². The van der Waals surface area contributed by atoms with Crippen molar-refractivity contribution in [3.05, 3.63) is 84.2 Å². The Kier molecular flexibility index (Phi) is 7.47. The lowest BCUT2D eigenvalue weighted by molar-refractivity contribution is -0.136. The molecule has 0 aliphatic carbocycles. The minimum atomic E-state index is -3.85. The van der Waals surface area contributed by atoms with Gasteiger partial charge in [-0.3, -0.25) is 14.6 Å². The summed E-state index contributed by atoms with van der Waals surface area (Å²) < 4.78 is 29.3. The Morgan fingerprint density at radius 3 is 2.43 bits per heavy atom. The predicted octanol–water partition coefficient (Wildman–Crippen LogP) is 4.41. The van der Waals surface area contributed by atoms with E-state index in [4.69, 9.17) is 0 Å². The number of rotatable bonds is 8. The Morgan fingerprint density at radius 2 is 1.78 bits per heavy atom. The molecule has 4 rings (SSSR count). The second-order valence-electron chi connectivity index (χ2n) is 9.68. The molecule has 3 aromatic rings. The van der Waals surface area contributed by atoms with E-state index < -0.39 is 21.5 Å². The van der Waals surface area contributed by atoms with Crippen LogP contribution in [0.25, 0.3) is 0 Å². The van der Waals surface area contributed by atoms with Gasteiger partial charge in [0, 0.05) is 32.0 Å². The number of nitrogens with zero attached hydrogens (tertiary/aromatic N) is 3. The zero-order valence-electron chi connectivity index (χ0n) is 21.5. The molecule has 1 atom stereocenters. The first-order valence-electron chi connectivity index (χ1n) is 12.3. The highest BCUT2D eigenvalue weighted by Gasteiger charge is 2.42. The average molecular weight is 521 g/mol. The fourth-order valence-electron chi connectivity index (χ4n) is 4.61. The van der Waals surface area contributed by atoms with Crippen LogP contribution in [-0.2, 0) is 26.0 Å². The summed E-state index contributed by atoms with van der Waals surface area (Å²) in [6.45, 7) is 5.37. The minimum Gasteiger partial charge on any atom is -0.323 e. The van der Waals surface area contributed by atoms with Crippen molar-refractivity contribution in [3.8, 4) is 0 Å². The van der Waals surface area contributed by atoms with Crippen molar-refractivity contribution in [2.45, 2.75) is 44.6 Å². The maximum absolute atomic E-state index is 13.9. The van der Waals surface area contributed by atoms with Crippen LogP contribution in [-0.4, -0.2) is 43.1 Å². The first-order valence-corrected chi connectivity index (χ1v) is 13.7. The first kappa shape index (κ1) is 26.5. The normalized spacial score (nSPS) is 16.2. The molecule has 2 amide bonds. The van der Waals surface area contributed by atoms with Crippen LogP contribution in [0.5, 0.6) is 0 Å². The van der Waals surface area contributed by atoms with Crippen molar-refractivity contribution in [3.63, 3.8) is 0 Å². The van der Waals surface area contributed by atoms with Crippen molar-refractivity contribution in [1.82, 2.24) is 9.29 Å². The number of nitrogens with one attached hydrogen (secondary N) is 1. The van der Waals surface area contributed by atoms with E-state index in [1.165, 1.54) is 9.21 Å². The van der Waals surface area contributed by atoms with Crippen molar-refractivity contribution in [1.29, 1.82) is 0 Å². The number of pyridine rings is 1. The molecule has 0 saturated carbocycles. The van der Waals surface area contributed by atoms with E-state index in [1.54, 1.807) is 75.8 Å². The molecular weight excluding hydrogens is 488 g/mol. The largest absolute Gasteiger partial charge is 0.323 e. The van der Waals surface area contributed by atoms with Gasteiger partial charge >= 0.3 is 0 Å². The third-order valence-corrected chi connectivity index (χ3v) is 8.77. The third-order valence-electron chi connectivity index (χ3n) is 6.85. The minimum absolute atomic E-state index is 0.218. The highest BCUT2D eigenvalue weighted by atomic mass is 32.2. The lowest BCUT2D eigenvalue weighted by Crippen LogP contribution is -2.43. The van der Waals surface area contributed by atoms with Crippen LogP contribution in [0.4, 0.5) is 11.4 Å². The molecule has 1 N–H and O–H groups in total. The number of hydrogen-bond acceptors (Lipinski definition) is 5. The van der Waals surface area contributed by atoms with E-state index in [0.717, 1.165) is 11.1 Å². The molecule has 2 aromatic carbocycles. The monoisotopic (exact) mass is 520 g/mol. The second-order valence-corrected chi connectivity index (χ2v) is 11.6. The number of benzene rings is 2. The van der Waals surface area contributed by atoms with Gasteiger partial charge < -0.3 is 10.2 Å². The SMILES string of the molecule is CCC(c1ccc2c(c1)N(C)C(=O)C(C)(C)C(=O)N2)N(CCc1cccnc1)S(=O)(=O)c1ccccc1. The zero-order chi connectivity index (χ0) is 26.8. The number of carbonyl (C=O) groups is 2. The summed E-state index contributed by atoms with van der Waals surface area (Å²) in [6, 6.07) is 17.0. The van der Waals surface area contributed by atoms with Crippen LogP contribution in [0.1, 0.15) is 44.4 Å². The predicted molar refractivity (Wildman–Crippen MR) is 144 cm³/mol. The molecule has 0 saturated heterocycles. The molecule has 2 heterocycles. The molecular formula is C28H32N4O4S. The molecule has 1 aromatic heterocycles. The number of sulfonamides is 1. The fraction of sp³-hybridized carbons (Fsp3) is 0.321. The van der Waals surface area contributed by atoms with E-state index in [-0.39, 0.29) is 23.3 Å². The summed E-state index contributed by atoms with van der Waals surface area (Å²) >= 11 is 0. The summed E-state index contributed by atoms with van der Waals surface area (Å²) in [5, 5.41) is 2.85. The Morgan fingerprint density at radius 1 is 1.05 bits per heavy atom. The van der Waals surface area contributed by atoms with Gasteiger partial charge in [0.05, 0.1) is 16.3 Å². The smallest absolute Gasteiger partial charge is 0.243 e. The molecule has 0 radical (unpaired) electrons. The van der Waals surface area contributed by atoms with Crippen molar-refractivity contribution in [2.24, 2.45) is 5.41 Å². The number of aromatic nitrogens is 1. The highest BCUT2D eigenvalue weighted by Crippen LogP contribution is 2.39. The third kappa shape index (κ3) is 5.14. The molecule has 0 fully saturated rings. The second kappa shape index (κ2) is 10.4. The standard InChI is InChI=1S/C28H32N4O4S/c1-5-24(21-13-14-23-25(18-21)31(4)27(34)28(2,3)26(33)30-23)32(17-15-20-10-9-16-29-19-20)37(35,36)22-11-7-6-8-12-22/h6-14,16,18-19,24H,5,15,17H2,1-4H3,(H,30,33). The fourth-order valence-corrected chi connectivity index (χ4v) is 6.32. The summed E-state index contributed by atoms with van der Waals surface area (Å²) in [5.74, 6) is -0.716. The van der Waals surface area contributed by atoms with E-state index in [2.05, 4.69) is 10.3 Å². The zero-order valence-corrected chi connectivity index (χ0v) is 22.3. The van der Waals surface area contributed by atoms with E-state index in [1.807, 2.05) is 25.1 Å². The number of hydrogen-bond donors (Lipinski definition) is 1. The van der Waals surface area contributed by atoms with Crippen molar-refractivity contribution in [2.75, 3.05) is 23.8 Å². The van der Waals surface area contributed by atoms with Crippen LogP contribution in [0.2, 0.25) is 0 Å². The van der Waals surface area contributed by atoms with Crippen LogP contribution in [0.3, 0.4) is 0 Å². The van der Waals surface area contributed by atoms with Gasteiger partial charge in [-0.1, -0.05) is 37.3 Å². The molecule has 0 bridgehead atoms. The molecule has 9 heteroatoms. The first-order chi connectivity index (χ1) is 17.6. The highest BCUT2D eigenvalue weighted by molar-refractivity contribution is 7.89. The van der Waals surface area contributed by atoms with Gasteiger partial charge in [0.2, 0.25) is 21.8 Å². The lowest BCUT2D eigenvalue weighted by atomic mass is 9.91. The van der Waals surface area contributed by atoms with Gasteiger partial charge in [-0.25, -0.2) is 8.42 Å². The topological polar surface area (TPSA) is 99.7 Å². The Balaban J connectivity index is 1.77. The number of fused-ring (bicyclic) bond motifs is 1. The maximum Gasteiger partial charge on any atom is 0.243 e. The molecule has 8 nitrogen and oxygen atoms in total. The van der Waals surface area contributed by atoms with Crippen LogP contribution in [0, 0.1) is 5.41 Å². The summed E-state index contributed by atoms with van der Waals surface area (Å²) in [4.78, 5) is 31.6. The molecule has 0 spiro atoms. The van der Waals surface area contributed by atoms with E-state index in [0.29, 0.717) is 24.2 Å². The van der Waals surface area contributed by atoms with Gasteiger partial charge in [-0.05, 0) is 68.1 Å². The number of amides is 2. The van der Waals surface area contributed by atoms with E-state index in [9.17, 15) is 18.0 Å². The van der Waals surface area contributed by atoms with Crippen molar-refractivity contribution >= 4 is 33.2 Å². The summed E-state index contributed by atoms with van der Waals surface area (Å²) in [7, 11) is -2.21. The molecule has 1 unspecified atom stereocenters. The van der Waals surface area contributed by atoms with E-state index >= 15 is 0 Å². The van der Waals surface area contributed by atoms with Crippen LogP contribution < -0.4 is 10.2 Å². The van der Waals surface area contributed by atoms with Gasteiger partial charge in [-0.2, -0.15) is 4.31 Å². The maximum atomic E-state index is 13.9. The molecule has 1 aliphatic heterocycles. The number of carbonyl (C=O) groups excluding carboxylic acids is 2. The van der Waals surface area contributed by atoms with Gasteiger partial charge in [0.25, 0.3) is 0 Å². The number of anilines is 2. The average Bonchev–Trinajstić information content (AvgIpc) is 2.96. The van der Waals surface area contributed by atoms with Crippen molar-refractivity contribution < 1.29 is 18.0 Å². The molecule has 37 heavy (non-hydrogen) atoms. The lowest BCUT2D eigenvalue weighted by Gasteiger charge is -2.32. The van der Waals surface area contributed by atoms with Gasteiger partial charge in [-0.15, -0.1) is 0 Å². The Labute approximate surface area is 218 Å². The van der Waals surface area contributed by atoms with Crippen LogP contribution in [0.15, 0.2) is 78.0 Å². The van der Waals surface area contributed by atoms with Crippen LogP contribution >= 0.6 is 0 Å². The molecule has 1 aliphatic rings. The quantitative estimate of drug-likeness (QED) is 0.444. The summed E-state index contributed by atoms with van der Waals surface area (Å²) in [5.41, 5.74) is 1.48. The summed E-state index contributed by atoms with van der Waals surface area (Å²) in [6.07, 6.45) is 4.42. The Bertz CT molecular complexity index is 1390. The van der Waals surface area contributed by atoms with Gasteiger partial charge in [0.15, 0.2) is 0 Å². The Hall–Kier alpha value is -3.56. The molecule has 194 valence electrons.